The Morgan fingerprint density at radius 2 is 1.96 bits per heavy atom. The summed E-state index contributed by atoms with van der Waals surface area (Å²) >= 11 is 1.15. The molecular weight excluding hydrogens is 384 g/mol. The first-order chi connectivity index (χ1) is 13.5. The van der Waals surface area contributed by atoms with Gasteiger partial charge < -0.3 is 14.5 Å². The van der Waals surface area contributed by atoms with E-state index in [0.717, 1.165) is 16.7 Å². The Morgan fingerprint density at radius 3 is 2.71 bits per heavy atom. The monoisotopic (exact) mass is 396 g/mol. The number of nitro benzene ring substituents is 1. The topological polar surface area (TPSA) is 112 Å². The molecule has 0 radical (unpaired) electrons. The molecule has 1 amide bonds. The number of fused-ring (bicyclic) bond motifs is 3. The van der Waals surface area contributed by atoms with E-state index >= 15 is 0 Å². The normalized spacial score (nSPS) is 10.9. The van der Waals surface area contributed by atoms with Gasteiger partial charge in [0.15, 0.2) is 0 Å². The van der Waals surface area contributed by atoms with Gasteiger partial charge in [-0.05, 0) is 24.3 Å². The van der Waals surface area contributed by atoms with Gasteiger partial charge in [-0.25, -0.2) is 4.79 Å². The van der Waals surface area contributed by atoms with E-state index < -0.39 is 16.5 Å². The van der Waals surface area contributed by atoms with Crippen LogP contribution >= 0.6 is 11.3 Å². The smallest absolute Gasteiger partial charge is 0.345 e. The zero-order valence-corrected chi connectivity index (χ0v) is 15.2. The summed E-state index contributed by atoms with van der Waals surface area (Å²) in [5.74, 6) is -0.228. The minimum atomic E-state index is -0.564. The van der Waals surface area contributed by atoms with E-state index in [4.69, 9.17) is 9.15 Å². The van der Waals surface area contributed by atoms with Crippen molar-refractivity contribution in [3.05, 3.63) is 73.9 Å². The van der Waals surface area contributed by atoms with Crippen LogP contribution in [0.5, 0.6) is 5.75 Å². The summed E-state index contributed by atoms with van der Waals surface area (Å²) in [4.78, 5) is 35.6. The van der Waals surface area contributed by atoms with E-state index in [1.165, 1.54) is 31.4 Å². The third-order valence-corrected chi connectivity index (χ3v) is 5.32. The van der Waals surface area contributed by atoms with E-state index in [0.29, 0.717) is 15.7 Å². The number of benzene rings is 2. The van der Waals surface area contributed by atoms with Crippen molar-refractivity contribution in [1.29, 1.82) is 0 Å². The summed E-state index contributed by atoms with van der Waals surface area (Å²) in [6.07, 6.45) is 0. The molecule has 0 atom stereocenters. The standard InChI is InChI=1S/C19H12N2O6S/c1-26-15-7-6-10(21(24)25)8-13(15)20-18(22)16-9-12-17(28-16)11-4-2-3-5-14(11)27-19(12)23/h2-9H,1H3,(H,20,22). The third-order valence-electron chi connectivity index (χ3n) is 4.15. The number of rotatable bonds is 4. The SMILES string of the molecule is COc1ccc([N+](=O)[O-])cc1NC(=O)c1cc2c(=O)oc3ccccc3c2s1. The summed E-state index contributed by atoms with van der Waals surface area (Å²) in [6.45, 7) is 0. The summed E-state index contributed by atoms with van der Waals surface area (Å²) in [6, 6.07) is 12.4. The number of para-hydroxylation sites is 1. The number of nitrogens with zero attached hydrogens (tertiary/aromatic N) is 1. The molecule has 0 unspecified atom stereocenters. The molecule has 4 aromatic rings. The third kappa shape index (κ3) is 2.97. The van der Waals surface area contributed by atoms with Crippen LogP contribution in [0, 0.1) is 10.1 Å². The van der Waals surface area contributed by atoms with Crippen molar-refractivity contribution in [2.75, 3.05) is 12.4 Å². The number of amides is 1. The number of hydrogen-bond acceptors (Lipinski definition) is 7. The maximum atomic E-state index is 12.7. The molecule has 8 nitrogen and oxygen atoms in total. The van der Waals surface area contributed by atoms with Crippen LogP contribution in [-0.4, -0.2) is 17.9 Å². The van der Waals surface area contributed by atoms with Gasteiger partial charge in [0.25, 0.3) is 11.6 Å². The van der Waals surface area contributed by atoms with Crippen molar-refractivity contribution in [2.24, 2.45) is 0 Å². The number of carbonyl (C=O) groups is 1. The van der Waals surface area contributed by atoms with E-state index in [-0.39, 0.29) is 22.0 Å². The highest BCUT2D eigenvalue weighted by atomic mass is 32.1. The molecule has 9 heteroatoms. The Morgan fingerprint density at radius 1 is 1.18 bits per heavy atom. The molecule has 0 spiro atoms. The van der Waals surface area contributed by atoms with Crippen LogP contribution in [-0.2, 0) is 0 Å². The molecular formula is C19H12N2O6S. The molecule has 2 aromatic carbocycles. The number of thiophene rings is 1. The maximum absolute atomic E-state index is 12.7. The Hall–Kier alpha value is -3.72. The quantitative estimate of drug-likeness (QED) is 0.315. The molecule has 0 aliphatic carbocycles. The molecule has 0 saturated heterocycles. The van der Waals surface area contributed by atoms with Crippen LogP contribution in [0.4, 0.5) is 11.4 Å². The molecule has 140 valence electrons. The fourth-order valence-corrected chi connectivity index (χ4v) is 3.92. The molecule has 1 N–H and O–H groups in total. The zero-order valence-electron chi connectivity index (χ0n) is 14.4. The highest BCUT2D eigenvalue weighted by Gasteiger charge is 2.18. The van der Waals surface area contributed by atoms with Gasteiger partial charge in [-0.1, -0.05) is 12.1 Å². The van der Waals surface area contributed by atoms with E-state index in [2.05, 4.69) is 5.32 Å². The minimum absolute atomic E-state index is 0.163. The predicted molar refractivity (Wildman–Crippen MR) is 105 cm³/mol. The Labute approximate surface area is 161 Å². The lowest BCUT2D eigenvalue weighted by Crippen LogP contribution is -2.11. The number of ether oxygens (including phenoxy) is 1. The molecule has 0 bridgehead atoms. The minimum Gasteiger partial charge on any atom is -0.495 e. The number of nitro groups is 1. The number of hydrogen-bond donors (Lipinski definition) is 1. The number of carbonyl (C=O) groups excluding carboxylic acids is 1. The van der Waals surface area contributed by atoms with Crippen LogP contribution in [0.2, 0.25) is 0 Å². The number of nitrogens with one attached hydrogen (secondary N) is 1. The molecule has 0 aliphatic rings. The number of non-ortho nitro benzene ring substituents is 1. The van der Waals surface area contributed by atoms with Gasteiger partial charge >= 0.3 is 5.63 Å². The average molecular weight is 396 g/mol. The first-order valence-electron chi connectivity index (χ1n) is 8.07. The van der Waals surface area contributed by atoms with Crippen molar-refractivity contribution in [2.45, 2.75) is 0 Å². The Kier molecular flexibility index (Phi) is 4.28. The van der Waals surface area contributed by atoms with Crippen molar-refractivity contribution >= 4 is 49.7 Å². The Balaban J connectivity index is 1.77. The van der Waals surface area contributed by atoms with Crippen molar-refractivity contribution < 1.29 is 18.9 Å². The highest BCUT2D eigenvalue weighted by molar-refractivity contribution is 7.21. The van der Waals surface area contributed by atoms with Crippen LogP contribution in [0.1, 0.15) is 9.67 Å². The van der Waals surface area contributed by atoms with E-state index in [1.807, 2.05) is 12.1 Å². The molecule has 0 aliphatic heterocycles. The summed E-state index contributed by atoms with van der Waals surface area (Å²) < 4.78 is 11.1. The average Bonchev–Trinajstić information content (AvgIpc) is 3.14. The molecule has 0 saturated carbocycles. The lowest BCUT2D eigenvalue weighted by molar-refractivity contribution is -0.384. The highest BCUT2D eigenvalue weighted by Crippen LogP contribution is 2.33. The largest absolute Gasteiger partial charge is 0.495 e. The second-order valence-corrected chi connectivity index (χ2v) is 6.89. The van der Waals surface area contributed by atoms with E-state index in [9.17, 15) is 19.7 Å². The maximum Gasteiger partial charge on any atom is 0.345 e. The van der Waals surface area contributed by atoms with Gasteiger partial charge in [-0.3, -0.25) is 14.9 Å². The first-order valence-corrected chi connectivity index (χ1v) is 8.89. The fourth-order valence-electron chi connectivity index (χ4n) is 2.84. The van der Waals surface area contributed by atoms with Gasteiger partial charge in [0.05, 0.1) is 32.7 Å². The van der Waals surface area contributed by atoms with Gasteiger partial charge in [0.1, 0.15) is 11.3 Å². The lowest BCUT2D eigenvalue weighted by atomic mass is 10.2. The van der Waals surface area contributed by atoms with Gasteiger partial charge in [-0.2, -0.15) is 0 Å². The van der Waals surface area contributed by atoms with Crippen molar-refractivity contribution in [1.82, 2.24) is 0 Å². The van der Waals surface area contributed by atoms with Crippen molar-refractivity contribution in [3.8, 4) is 5.75 Å². The van der Waals surface area contributed by atoms with Crippen molar-refractivity contribution in [3.63, 3.8) is 0 Å². The predicted octanol–water partition coefficient (Wildman–Crippen LogP) is 4.18. The van der Waals surface area contributed by atoms with Gasteiger partial charge in [-0.15, -0.1) is 11.3 Å². The van der Waals surface area contributed by atoms with Crippen LogP contribution in [0.25, 0.3) is 21.1 Å². The molecule has 28 heavy (non-hydrogen) atoms. The van der Waals surface area contributed by atoms with E-state index in [1.54, 1.807) is 12.1 Å². The zero-order chi connectivity index (χ0) is 19.8. The fraction of sp³-hybridized carbons (Fsp3) is 0.0526. The number of methoxy groups -OCH3 is 1. The van der Waals surface area contributed by atoms with Crippen LogP contribution < -0.4 is 15.7 Å². The van der Waals surface area contributed by atoms with Gasteiger partial charge in [0.2, 0.25) is 0 Å². The van der Waals surface area contributed by atoms with Gasteiger partial charge in [0, 0.05) is 17.5 Å². The number of anilines is 1. The lowest BCUT2D eigenvalue weighted by Gasteiger charge is -2.09. The molecule has 2 aromatic heterocycles. The summed E-state index contributed by atoms with van der Waals surface area (Å²) in [5.41, 5.74) is -0.110. The molecule has 4 rings (SSSR count). The first kappa shape index (κ1) is 17.7. The summed E-state index contributed by atoms with van der Waals surface area (Å²) in [5, 5.41) is 14.6. The second kappa shape index (κ2) is 6.78. The Bertz CT molecular complexity index is 1310. The van der Waals surface area contributed by atoms with Crippen LogP contribution in [0.15, 0.2) is 57.7 Å². The second-order valence-electron chi connectivity index (χ2n) is 5.83. The molecule has 0 fully saturated rings. The molecule has 2 heterocycles. The summed E-state index contributed by atoms with van der Waals surface area (Å²) in [7, 11) is 1.40. The van der Waals surface area contributed by atoms with Crippen LogP contribution in [0.3, 0.4) is 0 Å².